The highest BCUT2D eigenvalue weighted by Gasteiger charge is 2.44. The van der Waals surface area contributed by atoms with E-state index >= 15 is 0 Å². The third-order valence-electron chi connectivity index (χ3n) is 4.64. The third kappa shape index (κ3) is 2.13. The predicted molar refractivity (Wildman–Crippen MR) is 61.3 cm³/mol. The van der Waals surface area contributed by atoms with Crippen LogP contribution < -0.4 is 0 Å². The van der Waals surface area contributed by atoms with Crippen molar-refractivity contribution in [3.63, 3.8) is 0 Å². The van der Waals surface area contributed by atoms with Crippen molar-refractivity contribution < 1.29 is 5.11 Å². The first kappa shape index (κ1) is 12.0. The van der Waals surface area contributed by atoms with E-state index in [4.69, 9.17) is 0 Å². The van der Waals surface area contributed by atoms with Crippen LogP contribution in [-0.2, 0) is 0 Å². The SMILES string of the molecule is CC[C@@](C)(C1CCCCC1)C(C)(C)O. The van der Waals surface area contributed by atoms with E-state index in [1.54, 1.807) is 0 Å². The second-order valence-corrected chi connectivity index (χ2v) is 5.66. The summed E-state index contributed by atoms with van der Waals surface area (Å²) >= 11 is 0. The van der Waals surface area contributed by atoms with Crippen molar-refractivity contribution in [2.24, 2.45) is 11.3 Å². The molecule has 1 nitrogen and oxygen atoms in total. The van der Waals surface area contributed by atoms with Gasteiger partial charge in [-0.2, -0.15) is 0 Å². The molecule has 1 fully saturated rings. The number of rotatable bonds is 3. The molecule has 0 aliphatic heterocycles. The molecule has 0 radical (unpaired) electrons. The monoisotopic (exact) mass is 198 g/mol. The van der Waals surface area contributed by atoms with Gasteiger partial charge in [0, 0.05) is 0 Å². The van der Waals surface area contributed by atoms with E-state index < -0.39 is 5.60 Å². The van der Waals surface area contributed by atoms with Crippen molar-refractivity contribution in [1.29, 1.82) is 0 Å². The van der Waals surface area contributed by atoms with Crippen LogP contribution in [0.5, 0.6) is 0 Å². The average molecular weight is 198 g/mol. The fourth-order valence-corrected chi connectivity index (χ4v) is 2.96. The lowest BCUT2D eigenvalue weighted by Gasteiger charge is -2.47. The van der Waals surface area contributed by atoms with Crippen LogP contribution in [0.15, 0.2) is 0 Å². The van der Waals surface area contributed by atoms with Gasteiger partial charge >= 0.3 is 0 Å². The van der Waals surface area contributed by atoms with Crippen LogP contribution in [0.1, 0.15) is 66.2 Å². The molecule has 84 valence electrons. The van der Waals surface area contributed by atoms with Crippen LogP contribution in [0.25, 0.3) is 0 Å². The van der Waals surface area contributed by atoms with Gasteiger partial charge in [0.2, 0.25) is 0 Å². The zero-order chi connectivity index (χ0) is 10.8. The highest BCUT2D eigenvalue weighted by molar-refractivity contribution is 4.94. The van der Waals surface area contributed by atoms with E-state index in [2.05, 4.69) is 13.8 Å². The van der Waals surface area contributed by atoms with Crippen LogP contribution in [0.4, 0.5) is 0 Å². The summed E-state index contributed by atoms with van der Waals surface area (Å²) in [6, 6.07) is 0. The molecule has 0 aromatic rings. The largest absolute Gasteiger partial charge is 0.390 e. The van der Waals surface area contributed by atoms with Crippen molar-refractivity contribution in [3.8, 4) is 0 Å². The molecule has 1 heteroatoms. The Labute approximate surface area is 88.9 Å². The van der Waals surface area contributed by atoms with E-state index in [0.717, 1.165) is 12.3 Å². The molecule has 0 heterocycles. The molecule has 0 aromatic carbocycles. The van der Waals surface area contributed by atoms with Crippen LogP contribution in [-0.4, -0.2) is 10.7 Å². The van der Waals surface area contributed by atoms with Gasteiger partial charge in [-0.05, 0) is 44.4 Å². The molecule has 0 spiro atoms. The maximum atomic E-state index is 10.3. The van der Waals surface area contributed by atoms with Gasteiger partial charge in [0.15, 0.2) is 0 Å². The number of hydrogen-bond acceptors (Lipinski definition) is 1. The Kier molecular flexibility index (Phi) is 3.63. The Balaban J connectivity index is 2.77. The summed E-state index contributed by atoms with van der Waals surface area (Å²) in [6.07, 6.45) is 7.82. The zero-order valence-corrected chi connectivity index (χ0v) is 10.3. The molecule has 0 bridgehead atoms. The van der Waals surface area contributed by atoms with Crippen LogP contribution in [0.2, 0.25) is 0 Å². The fourth-order valence-electron chi connectivity index (χ4n) is 2.96. The lowest BCUT2D eigenvalue weighted by molar-refractivity contribution is -0.0907. The minimum Gasteiger partial charge on any atom is -0.390 e. The molecule has 0 unspecified atom stereocenters. The Morgan fingerprint density at radius 3 is 1.93 bits per heavy atom. The summed E-state index contributed by atoms with van der Waals surface area (Å²) in [5.74, 6) is 0.723. The Morgan fingerprint density at radius 2 is 1.57 bits per heavy atom. The standard InChI is InChI=1S/C13H26O/c1-5-13(4,12(2,3)14)11-9-7-6-8-10-11/h11,14H,5-10H2,1-4H3/t13-/m0/s1. The van der Waals surface area contributed by atoms with Crippen LogP contribution >= 0.6 is 0 Å². The van der Waals surface area contributed by atoms with Crippen molar-refractivity contribution in [2.45, 2.75) is 71.8 Å². The topological polar surface area (TPSA) is 20.2 Å². The summed E-state index contributed by atoms with van der Waals surface area (Å²) in [7, 11) is 0. The molecule has 0 amide bonds. The fraction of sp³-hybridized carbons (Fsp3) is 1.00. The molecule has 1 aliphatic carbocycles. The van der Waals surface area contributed by atoms with Crippen molar-refractivity contribution in [1.82, 2.24) is 0 Å². The number of aliphatic hydroxyl groups is 1. The first-order chi connectivity index (χ1) is 6.42. The molecule has 1 aliphatic rings. The molecule has 0 saturated heterocycles. The maximum absolute atomic E-state index is 10.3. The summed E-state index contributed by atoms with van der Waals surface area (Å²) in [5, 5.41) is 10.3. The van der Waals surface area contributed by atoms with Gasteiger partial charge in [-0.25, -0.2) is 0 Å². The highest BCUT2D eigenvalue weighted by Crippen LogP contribution is 2.47. The van der Waals surface area contributed by atoms with Gasteiger partial charge < -0.3 is 5.11 Å². The van der Waals surface area contributed by atoms with E-state index in [9.17, 15) is 5.11 Å². The lowest BCUT2D eigenvalue weighted by atomic mass is 9.61. The highest BCUT2D eigenvalue weighted by atomic mass is 16.3. The van der Waals surface area contributed by atoms with E-state index in [1.165, 1.54) is 32.1 Å². The summed E-state index contributed by atoms with van der Waals surface area (Å²) in [4.78, 5) is 0. The Bertz CT molecular complexity index is 174. The van der Waals surface area contributed by atoms with E-state index in [0.29, 0.717) is 0 Å². The van der Waals surface area contributed by atoms with Gasteiger partial charge in [-0.15, -0.1) is 0 Å². The maximum Gasteiger partial charge on any atom is 0.0647 e. The van der Waals surface area contributed by atoms with E-state index in [1.807, 2.05) is 13.8 Å². The Morgan fingerprint density at radius 1 is 1.07 bits per heavy atom. The minimum absolute atomic E-state index is 0.105. The summed E-state index contributed by atoms with van der Waals surface area (Å²) < 4.78 is 0. The molecule has 1 N–H and O–H groups in total. The van der Waals surface area contributed by atoms with Crippen LogP contribution in [0.3, 0.4) is 0 Å². The van der Waals surface area contributed by atoms with Crippen molar-refractivity contribution in [2.75, 3.05) is 0 Å². The van der Waals surface area contributed by atoms with Gasteiger partial charge in [-0.3, -0.25) is 0 Å². The van der Waals surface area contributed by atoms with Crippen LogP contribution in [0, 0.1) is 11.3 Å². The third-order valence-corrected chi connectivity index (χ3v) is 4.64. The number of hydrogen-bond donors (Lipinski definition) is 1. The van der Waals surface area contributed by atoms with Crippen molar-refractivity contribution >= 4 is 0 Å². The van der Waals surface area contributed by atoms with Gasteiger partial charge in [0.05, 0.1) is 5.60 Å². The molecule has 0 aromatic heterocycles. The lowest BCUT2D eigenvalue weighted by Crippen LogP contribution is -2.46. The predicted octanol–water partition coefficient (Wildman–Crippen LogP) is 3.75. The van der Waals surface area contributed by atoms with Gasteiger partial charge in [-0.1, -0.05) is 33.1 Å². The zero-order valence-electron chi connectivity index (χ0n) is 10.3. The second-order valence-electron chi connectivity index (χ2n) is 5.66. The smallest absolute Gasteiger partial charge is 0.0647 e. The second kappa shape index (κ2) is 4.22. The molecular formula is C13H26O. The first-order valence-corrected chi connectivity index (χ1v) is 6.14. The van der Waals surface area contributed by atoms with Gasteiger partial charge in [0.1, 0.15) is 0 Å². The molecule has 14 heavy (non-hydrogen) atoms. The quantitative estimate of drug-likeness (QED) is 0.732. The summed E-state index contributed by atoms with van der Waals surface area (Å²) in [5.41, 5.74) is -0.433. The Hall–Kier alpha value is -0.0400. The normalized spacial score (nSPS) is 24.6. The molecule has 1 rings (SSSR count). The average Bonchev–Trinajstić information content (AvgIpc) is 2.16. The summed E-state index contributed by atoms with van der Waals surface area (Å²) in [6.45, 7) is 8.44. The minimum atomic E-state index is -0.538. The van der Waals surface area contributed by atoms with Crippen molar-refractivity contribution in [3.05, 3.63) is 0 Å². The first-order valence-electron chi connectivity index (χ1n) is 6.14. The molecular weight excluding hydrogens is 172 g/mol. The van der Waals surface area contributed by atoms with E-state index in [-0.39, 0.29) is 5.41 Å². The van der Waals surface area contributed by atoms with Gasteiger partial charge in [0.25, 0.3) is 0 Å². The molecule has 1 saturated carbocycles. The molecule has 1 atom stereocenters.